The Bertz CT molecular complexity index is 997. The summed E-state index contributed by atoms with van der Waals surface area (Å²) in [6.45, 7) is 7.62. The average molecular weight is 422 g/mol. The molecule has 1 heterocycles. The van der Waals surface area contributed by atoms with E-state index in [9.17, 15) is 14.7 Å². The van der Waals surface area contributed by atoms with Crippen LogP contribution in [0.1, 0.15) is 47.9 Å². The molecule has 0 saturated carbocycles. The van der Waals surface area contributed by atoms with E-state index >= 15 is 0 Å². The molecule has 3 N–H and O–H groups in total. The SMILES string of the molecule is CCCN(CC)c1ccc(O)c(C=O)c1.CNc1cc(-c2ccc[nH]2)ccc1C(C)=O. The van der Waals surface area contributed by atoms with Crippen molar-refractivity contribution in [2.24, 2.45) is 0 Å². The summed E-state index contributed by atoms with van der Waals surface area (Å²) in [7, 11) is 1.82. The Morgan fingerprint density at radius 1 is 1.16 bits per heavy atom. The van der Waals surface area contributed by atoms with E-state index in [-0.39, 0.29) is 11.5 Å². The van der Waals surface area contributed by atoms with Crippen LogP contribution in [0.5, 0.6) is 5.75 Å². The molecule has 0 spiro atoms. The third kappa shape index (κ3) is 6.22. The molecule has 0 unspecified atom stereocenters. The number of carbonyl (C=O) groups excluding carboxylic acids is 2. The van der Waals surface area contributed by atoms with E-state index in [1.165, 1.54) is 0 Å². The van der Waals surface area contributed by atoms with Gasteiger partial charge in [-0.3, -0.25) is 9.59 Å². The number of hydrogen-bond acceptors (Lipinski definition) is 5. The van der Waals surface area contributed by atoms with Crippen molar-refractivity contribution in [3.05, 3.63) is 65.9 Å². The number of anilines is 2. The molecule has 6 heteroatoms. The van der Waals surface area contributed by atoms with Crippen molar-refractivity contribution in [1.82, 2.24) is 4.98 Å². The zero-order valence-electron chi connectivity index (χ0n) is 18.6. The lowest BCUT2D eigenvalue weighted by molar-refractivity contribution is 0.101. The minimum absolute atomic E-state index is 0.0429. The number of aromatic hydroxyl groups is 1. The lowest BCUT2D eigenvalue weighted by atomic mass is 10.0. The lowest BCUT2D eigenvalue weighted by Gasteiger charge is -2.22. The summed E-state index contributed by atoms with van der Waals surface area (Å²) in [4.78, 5) is 27.4. The average Bonchev–Trinajstić information content (AvgIpc) is 3.33. The molecule has 6 nitrogen and oxygen atoms in total. The number of ketones is 1. The first-order chi connectivity index (χ1) is 14.9. The molecule has 0 aliphatic rings. The fraction of sp³-hybridized carbons (Fsp3) is 0.280. The predicted molar refractivity (Wildman–Crippen MR) is 127 cm³/mol. The summed E-state index contributed by atoms with van der Waals surface area (Å²) in [5, 5.41) is 12.4. The molecule has 3 rings (SSSR count). The van der Waals surface area contributed by atoms with E-state index in [0.717, 1.165) is 47.7 Å². The van der Waals surface area contributed by atoms with Gasteiger partial charge in [-0.1, -0.05) is 13.0 Å². The predicted octanol–water partition coefficient (Wildman–Crippen LogP) is 5.37. The third-order valence-electron chi connectivity index (χ3n) is 4.96. The number of Topliss-reactive ketones (excluding diaryl/α,β-unsaturated/α-hetero) is 1. The summed E-state index contributed by atoms with van der Waals surface area (Å²) in [5.41, 5.74) is 5.03. The number of aromatic amines is 1. The number of aldehydes is 1. The van der Waals surface area contributed by atoms with Gasteiger partial charge in [0.25, 0.3) is 0 Å². The van der Waals surface area contributed by atoms with Crippen LogP contribution in [0.15, 0.2) is 54.7 Å². The quantitative estimate of drug-likeness (QED) is 0.336. The van der Waals surface area contributed by atoms with Crippen LogP contribution < -0.4 is 10.2 Å². The number of rotatable bonds is 8. The summed E-state index contributed by atoms with van der Waals surface area (Å²) >= 11 is 0. The molecule has 0 saturated heterocycles. The van der Waals surface area contributed by atoms with Gasteiger partial charge in [-0.15, -0.1) is 0 Å². The topological polar surface area (TPSA) is 85.4 Å². The van der Waals surface area contributed by atoms with Crippen LogP contribution in [0.25, 0.3) is 11.3 Å². The summed E-state index contributed by atoms with van der Waals surface area (Å²) in [5.74, 6) is 0.115. The molecule has 0 fully saturated rings. The molecule has 3 aromatic rings. The second-order valence-corrected chi connectivity index (χ2v) is 7.09. The van der Waals surface area contributed by atoms with Gasteiger partial charge in [-0.25, -0.2) is 0 Å². The van der Waals surface area contributed by atoms with Gasteiger partial charge in [0, 0.05) is 54.5 Å². The van der Waals surface area contributed by atoms with Crippen molar-refractivity contribution in [2.75, 3.05) is 30.4 Å². The Hall–Kier alpha value is -3.54. The monoisotopic (exact) mass is 421 g/mol. The second-order valence-electron chi connectivity index (χ2n) is 7.09. The van der Waals surface area contributed by atoms with Gasteiger partial charge in [0.2, 0.25) is 0 Å². The highest BCUT2D eigenvalue weighted by Crippen LogP contribution is 2.25. The maximum absolute atomic E-state index is 11.4. The lowest BCUT2D eigenvalue weighted by Crippen LogP contribution is -2.23. The normalized spacial score (nSPS) is 10.1. The summed E-state index contributed by atoms with van der Waals surface area (Å²) < 4.78 is 0. The molecule has 0 bridgehead atoms. The summed E-state index contributed by atoms with van der Waals surface area (Å²) in [6, 6.07) is 14.9. The standard InChI is InChI=1S/C13H14N2O.C12H17NO2/c1-9(16)11-6-5-10(8-13(11)14-2)12-4-3-7-15-12;1-3-7-13(4-2)11-5-6-12(15)10(8-11)9-14/h3-8,14-15H,1-2H3;5-6,8-9,15H,3-4,7H2,1-2H3. The van der Waals surface area contributed by atoms with Crippen LogP contribution in [0.3, 0.4) is 0 Å². The Morgan fingerprint density at radius 2 is 1.94 bits per heavy atom. The molecule has 164 valence electrons. The Balaban J connectivity index is 0.000000221. The highest BCUT2D eigenvalue weighted by atomic mass is 16.3. The minimum Gasteiger partial charge on any atom is -0.507 e. The molecular weight excluding hydrogens is 390 g/mol. The Labute approximate surface area is 183 Å². The van der Waals surface area contributed by atoms with Gasteiger partial charge < -0.3 is 20.3 Å². The minimum atomic E-state index is 0.0429. The number of benzene rings is 2. The van der Waals surface area contributed by atoms with Crippen molar-refractivity contribution in [1.29, 1.82) is 0 Å². The number of phenols is 1. The number of H-pyrrole nitrogens is 1. The van der Waals surface area contributed by atoms with Gasteiger partial charge in [0.1, 0.15) is 5.75 Å². The zero-order valence-corrected chi connectivity index (χ0v) is 18.6. The first kappa shape index (κ1) is 23.7. The van der Waals surface area contributed by atoms with Gasteiger partial charge in [-0.2, -0.15) is 0 Å². The van der Waals surface area contributed by atoms with E-state index < -0.39 is 0 Å². The molecule has 31 heavy (non-hydrogen) atoms. The van der Waals surface area contributed by atoms with Gasteiger partial charge >= 0.3 is 0 Å². The van der Waals surface area contributed by atoms with Gasteiger partial charge in [0.15, 0.2) is 12.1 Å². The number of nitrogens with one attached hydrogen (secondary N) is 2. The Morgan fingerprint density at radius 3 is 2.48 bits per heavy atom. The molecule has 1 aromatic heterocycles. The summed E-state index contributed by atoms with van der Waals surface area (Å²) in [6.07, 6.45) is 3.62. The highest BCUT2D eigenvalue weighted by Gasteiger charge is 2.08. The molecule has 2 aromatic carbocycles. The molecule has 0 atom stereocenters. The van der Waals surface area contributed by atoms with Crippen LogP contribution in [0.4, 0.5) is 11.4 Å². The zero-order chi connectivity index (χ0) is 22.8. The van der Waals surface area contributed by atoms with Crippen molar-refractivity contribution >= 4 is 23.4 Å². The van der Waals surface area contributed by atoms with Crippen molar-refractivity contribution in [2.45, 2.75) is 27.2 Å². The number of nitrogens with zero attached hydrogens (tertiary/aromatic N) is 1. The first-order valence-corrected chi connectivity index (χ1v) is 10.4. The molecule has 0 aliphatic carbocycles. The van der Waals surface area contributed by atoms with E-state index in [1.54, 1.807) is 19.1 Å². The van der Waals surface area contributed by atoms with Crippen molar-refractivity contribution in [3.63, 3.8) is 0 Å². The number of hydrogen-bond donors (Lipinski definition) is 3. The Kier molecular flexibility index (Phi) is 8.88. The van der Waals surface area contributed by atoms with Crippen LogP contribution in [0, 0.1) is 0 Å². The number of aromatic nitrogens is 1. The van der Waals surface area contributed by atoms with Crippen LogP contribution in [-0.2, 0) is 0 Å². The number of phenolic OH excluding ortho intramolecular Hbond substituents is 1. The smallest absolute Gasteiger partial charge is 0.161 e. The van der Waals surface area contributed by atoms with Crippen molar-refractivity contribution < 1.29 is 14.7 Å². The molecule has 0 aliphatic heterocycles. The molecule has 0 radical (unpaired) electrons. The maximum atomic E-state index is 11.4. The fourth-order valence-electron chi connectivity index (χ4n) is 3.31. The van der Waals surface area contributed by atoms with Gasteiger partial charge in [-0.05, 0) is 62.7 Å². The van der Waals surface area contributed by atoms with E-state index in [1.807, 2.05) is 49.6 Å². The number of carbonyl (C=O) groups is 2. The molecule has 0 amide bonds. The third-order valence-corrected chi connectivity index (χ3v) is 4.96. The van der Waals surface area contributed by atoms with E-state index in [2.05, 4.69) is 29.0 Å². The second kappa shape index (κ2) is 11.6. The van der Waals surface area contributed by atoms with Crippen LogP contribution in [-0.4, -0.2) is 42.3 Å². The largest absolute Gasteiger partial charge is 0.507 e. The molecular formula is C25H31N3O3. The van der Waals surface area contributed by atoms with Crippen molar-refractivity contribution in [3.8, 4) is 17.0 Å². The highest BCUT2D eigenvalue weighted by molar-refractivity contribution is 6.00. The van der Waals surface area contributed by atoms with Gasteiger partial charge in [0.05, 0.1) is 5.56 Å². The van der Waals surface area contributed by atoms with Crippen LogP contribution in [0.2, 0.25) is 0 Å². The first-order valence-electron chi connectivity index (χ1n) is 10.4. The fourth-order valence-corrected chi connectivity index (χ4v) is 3.31. The van der Waals surface area contributed by atoms with Crippen LogP contribution >= 0.6 is 0 Å². The van der Waals surface area contributed by atoms with E-state index in [4.69, 9.17) is 0 Å². The maximum Gasteiger partial charge on any atom is 0.161 e. The van der Waals surface area contributed by atoms with E-state index in [0.29, 0.717) is 11.8 Å².